The summed E-state index contributed by atoms with van der Waals surface area (Å²) in [7, 11) is 6.12. The number of hydrogen-bond donors (Lipinski definition) is 2. The standard InChI is InChI=1S/C17H36N4O.HI/c1-7-18-16(20-15(3)12-22-6)19-13-17(21(4)5)10-8-9-14(2)11-17;/h14-15H,7-13H2,1-6H3,(H2,18,19,20);1H. The molecule has 2 N–H and O–H groups in total. The fourth-order valence-electron chi connectivity index (χ4n) is 3.39. The molecule has 5 nitrogen and oxygen atoms in total. The van der Waals surface area contributed by atoms with Gasteiger partial charge in [0.15, 0.2) is 5.96 Å². The van der Waals surface area contributed by atoms with Crippen LogP contribution < -0.4 is 10.6 Å². The van der Waals surface area contributed by atoms with Crippen molar-refractivity contribution in [2.45, 2.75) is 58.0 Å². The van der Waals surface area contributed by atoms with Crippen molar-refractivity contribution < 1.29 is 4.74 Å². The number of hydrogen-bond acceptors (Lipinski definition) is 3. The number of likely N-dealkylation sites (N-methyl/N-ethyl adjacent to an activating group) is 1. The molecule has 1 fully saturated rings. The minimum Gasteiger partial charge on any atom is -0.383 e. The Balaban J connectivity index is 0.00000484. The molecule has 0 heterocycles. The van der Waals surface area contributed by atoms with E-state index in [9.17, 15) is 0 Å². The second-order valence-electron chi connectivity index (χ2n) is 7.02. The largest absolute Gasteiger partial charge is 0.383 e. The Morgan fingerprint density at radius 3 is 2.65 bits per heavy atom. The molecule has 3 atom stereocenters. The van der Waals surface area contributed by atoms with Crippen LogP contribution in [0.4, 0.5) is 0 Å². The molecule has 3 unspecified atom stereocenters. The van der Waals surface area contributed by atoms with Gasteiger partial charge in [0.2, 0.25) is 0 Å². The van der Waals surface area contributed by atoms with Gasteiger partial charge in [0.1, 0.15) is 0 Å². The Morgan fingerprint density at radius 2 is 2.13 bits per heavy atom. The molecule has 0 aromatic carbocycles. The lowest BCUT2D eigenvalue weighted by atomic mass is 9.75. The van der Waals surface area contributed by atoms with Gasteiger partial charge < -0.3 is 20.3 Å². The van der Waals surface area contributed by atoms with Crippen LogP contribution in [0.2, 0.25) is 0 Å². The quantitative estimate of drug-likeness (QED) is 0.363. The predicted molar refractivity (Wildman–Crippen MR) is 110 cm³/mol. The molecule has 6 heteroatoms. The van der Waals surface area contributed by atoms with Gasteiger partial charge >= 0.3 is 0 Å². The summed E-state index contributed by atoms with van der Waals surface area (Å²) in [6.45, 7) is 8.98. The van der Waals surface area contributed by atoms with Crippen LogP contribution in [0.3, 0.4) is 0 Å². The molecule has 1 aliphatic rings. The van der Waals surface area contributed by atoms with Crippen molar-refractivity contribution in [2.75, 3.05) is 40.9 Å². The Hall–Kier alpha value is -0.0800. The highest BCUT2D eigenvalue weighted by atomic mass is 127. The summed E-state index contributed by atoms with van der Waals surface area (Å²) >= 11 is 0. The average molecular weight is 440 g/mol. The second kappa shape index (κ2) is 11.5. The van der Waals surface area contributed by atoms with Gasteiger partial charge in [-0.25, -0.2) is 0 Å². The molecular weight excluding hydrogens is 403 g/mol. The lowest BCUT2D eigenvalue weighted by Crippen LogP contribution is -2.51. The number of rotatable bonds is 7. The average Bonchev–Trinajstić information content (AvgIpc) is 2.45. The first-order valence-electron chi connectivity index (χ1n) is 8.64. The molecular formula is C17H37IN4O. The van der Waals surface area contributed by atoms with Crippen molar-refractivity contribution in [3.63, 3.8) is 0 Å². The maximum atomic E-state index is 5.20. The van der Waals surface area contributed by atoms with Crippen LogP contribution in [-0.4, -0.2) is 63.3 Å². The van der Waals surface area contributed by atoms with E-state index in [1.54, 1.807) is 7.11 Å². The third kappa shape index (κ3) is 7.56. The van der Waals surface area contributed by atoms with Crippen LogP contribution in [-0.2, 0) is 4.74 Å². The number of guanidine groups is 1. The van der Waals surface area contributed by atoms with Gasteiger partial charge in [0, 0.05) is 25.2 Å². The highest BCUT2D eigenvalue weighted by molar-refractivity contribution is 14.0. The fraction of sp³-hybridized carbons (Fsp3) is 0.941. The topological polar surface area (TPSA) is 48.9 Å². The first kappa shape index (κ1) is 22.9. The summed E-state index contributed by atoms with van der Waals surface area (Å²) in [5.41, 5.74) is 0.199. The van der Waals surface area contributed by atoms with Crippen LogP contribution in [0.5, 0.6) is 0 Å². The zero-order valence-corrected chi connectivity index (χ0v) is 18.1. The van der Waals surface area contributed by atoms with Crippen LogP contribution in [0.25, 0.3) is 0 Å². The van der Waals surface area contributed by atoms with Gasteiger partial charge in [-0.1, -0.05) is 19.8 Å². The SMILES string of the molecule is CCNC(=NCC1(N(C)C)CCCC(C)C1)NC(C)COC.I. The number of nitrogens with one attached hydrogen (secondary N) is 2. The minimum absolute atomic E-state index is 0. The van der Waals surface area contributed by atoms with Gasteiger partial charge in [-0.15, -0.1) is 24.0 Å². The van der Waals surface area contributed by atoms with Crippen molar-refractivity contribution in [1.82, 2.24) is 15.5 Å². The molecule has 138 valence electrons. The van der Waals surface area contributed by atoms with Crippen LogP contribution in [0, 0.1) is 5.92 Å². The molecule has 23 heavy (non-hydrogen) atoms. The van der Waals surface area contributed by atoms with Crippen molar-refractivity contribution >= 4 is 29.9 Å². The fourth-order valence-corrected chi connectivity index (χ4v) is 3.39. The summed E-state index contributed by atoms with van der Waals surface area (Å²) in [5, 5.41) is 6.76. The highest BCUT2D eigenvalue weighted by Gasteiger charge is 2.36. The zero-order valence-electron chi connectivity index (χ0n) is 15.8. The lowest BCUT2D eigenvalue weighted by Gasteiger charge is -2.44. The smallest absolute Gasteiger partial charge is 0.191 e. The number of halogens is 1. The minimum atomic E-state index is 0. The van der Waals surface area contributed by atoms with E-state index in [0.29, 0.717) is 6.61 Å². The van der Waals surface area contributed by atoms with E-state index >= 15 is 0 Å². The summed E-state index contributed by atoms with van der Waals surface area (Å²) in [4.78, 5) is 7.27. The molecule has 0 saturated heterocycles. The number of aliphatic imine (C=N–C) groups is 1. The van der Waals surface area contributed by atoms with E-state index in [4.69, 9.17) is 9.73 Å². The molecule has 0 spiro atoms. The van der Waals surface area contributed by atoms with E-state index in [2.05, 4.69) is 50.4 Å². The summed E-state index contributed by atoms with van der Waals surface area (Å²) in [6, 6.07) is 0.253. The second-order valence-corrected chi connectivity index (χ2v) is 7.02. The molecule has 1 rings (SSSR count). The Kier molecular flexibility index (Phi) is 11.4. The zero-order chi connectivity index (χ0) is 16.6. The third-order valence-electron chi connectivity index (χ3n) is 4.69. The number of nitrogens with zero attached hydrogens (tertiary/aromatic N) is 2. The Morgan fingerprint density at radius 1 is 1.43 bits per heavy atom. The van der Waals surface area contributed by atoms with E-state index < -0.39 is 0 Å². The molecule has 0 radical (unpaired) electrons. The van der Waals surface area contributed by atoms with E-state index in [1.165, 1.54) is 25.7 Å². The predicted octanol–water partition coefficient (Wildman–Crippen LogP) is 2.70. The first-order chi connectivity index (χ1) is 10.4. The summed E-state index contributed by atoms with van der Waals surface area (Å²) in [5.74, 6) is 1.68. The number of ether oxygens (including phenoxy) is 1. The van der Waals surface area contributed by atoms with Crippen molar-refractivity contribution in [1.29, 1.82) is 0 Å². The van der Waals surface area contributed by atoms with Gasteiger partial charge in [0.25, 0.3) is 0 Å². The third-order valence-corrected chi connectivity index (χ3v) is 4.69. The monoisotopic (exact) mass is 440 g/mol. The van der Waals surface area contributed by atoms with Gasteiger partial charge in [-0.05, 0) is 46.7 Å². The summed E-state index contributed by atoms with van der Waals surface area (Å²) in [6.07, 6.45) is 5.12. The van der Waals surface area contributed by atoms with Crippen LogP contribution >= 0.6 is 24.0 Å². The van der Waals surface area contributed by atoms with Gasteiger partial charge in [-0.2, -0.15) is 0 Å². The highest BCUT2D eigenvalue weighted by Crippen LogP contribution is 2.35. The summed E-state index contributed by atoms with van der Waals surface area (Å²) < 4.78 is 5.20. The van der Waals surface area contributed by atoms with E-state index in [1.807, 2.05) is 0 Å². The van der Waals surface area contributed by atoms with E-state index in [-0.39, 0.29) is 35.6 Å². The number of methoxy groups -OCH3 is 1. The molecule has 0 amide bonds. The van der Waals surface area contributed by atoms with Crippen molar-refractivity contribution in [2.24, 2.45) is 10.9 Å². The Bertz CT molecular complexity index is 351. The lowest BCUT2D eigenvalue weighted by molar-refractivity contribution is 0.0844. The molecule has 0 aromatic rings. The molecule has 0 bridgehead atoms. The Labute approximate surface area is 160 Å². The van der Waals surface area contributed by atoms with Gasteiger partial charge in [-0.3, -0.25) is 4.99 Å². The van der Waals surface area contributed by atoms with E-state index in [0.717, 1.165) is 25.0 Å². The molecule has 0 aromatic heterocycles. The first-order valence-corrected chi connectivity index (χ1v) is 8.64. The molecule has 1 aliphatic carbocycles. The van der Waals surface area contributed by atoms with Crippen LogP contribution in [0.1, 0.15) is 46.5 Å². The molecule has 1 saturated carbocycles. The van der Waals surface area contributed by atoms with Crippen molar-refractivity contribution in [3.05, 3.63) is 0 Å². The maximum Gasteiger partial charge on any atom is 0.191 e. The maximum absolute atomic E-state index is 5.20. The molecule has 0 aliphatic heterocycles. The normalized spacial score (nSPS) is 26.6. The van der Waals surface area contributed by atoms with Gasteiger partial charge in [0.05, 0.1) is 13.2 Å². The van der Waals surface area contributed by atoms with Crippen molar-refractivity contribution in [3.8, 4) is 0 Å². The van der Waals surface area contributed by atoms with Crippen LogP contribution in [0.15, 0.2) is 4.99 Å².